The van der Waals surface area contributed by atoms with E-state index in [4.69, 9.17) is 4.74 Å². The summed E-state index contributed by atoms with van der Waals surface area (Å²) in [7, 11) is 0. The van der Waals surface area contributed by atoms with E-state index in [1.54, 1.807) is 76.2 Å². The molecule has 0 aliphatic rings. The number of ether oxygens (including phenoxy) is 8. The molecule has 0 aliphatic carbocycles. The summed E-state index contributed by atoms with van der Waals surface area (Å²) in [6.45, 7) is 16.6. The second-order valence-corrected chi connectivity index (χ2v) is 18.4. The number of hydrogen-bond acceptors (Lipinski definition) is 16. The van der Waals surface area contributed by atoms with Gasteiger partial charge in [0.1, 0.15) is 65.7 Å². The molecule has 0 saturated carbocycles. The Labute approximate surface area is 428 Å². The van der Waals surface area contributed by atoms with Crippen molar-refractivity contribution in [3.63, 3.8) is 0 Å². The molecule has 0 saturated heterocycles. The number of hydrogen-bond donors (Lipinski definition) is 0. The number of esters is 8. The van der Waals surface area contributed by atoms with Crippen molar-refractivity contribution in [2.24, 2.45) is 21.7 Å². The molecule has 0 bridgehead atoms. The minimum atomic E-state index is -5.19. The van der Waals surface area contributed by atoms with Gasteiger partial charge in [0, 0.05) is 6.92 Å². The molecule has 0 aromatic rings. The highest BCUT2D eigenvalue weighted by molar-refractivity contribution is 5.79. The third-order valence-electron chi connectivity index (χ3n) is 9.98. The number of rotatable bonds is 25. The lowest BCUT2D eigenvalue weighted by atomic mass is 9.91. The van der Waals surface area contributed by atoms with E-state index in [1.165, 1.54) is 0 Å². The van der Waals surface area contributed by atoms with Crippen molar-refractivity contribution in [1.82, 2.24) is 0 Å². The second-order valence-electron chi connectivity index (χ2n) is 18.4. The second kappa shape index (κ2) is 32.4. The molecular weight excluding hydrogens is 1080 g/mol. The molecule has 0 fully saturated rings. The molecule has 0 N–H and O–H groups in total. The first-order valence-electron chi connectivity index (χ1n) is 22.6. The Hall–Kier alpha value is -5.29. The normalized spacial score (nSPS) is 12.6. The van der Waals surface area contributed by atoms with Crippen LogP contribution < -0.4 is 0 Å². The molecule has 16 nitrogen and oxygen atoms in total. The Morgan fingerprint density at radius 2 is 0.447 bits per heavy atom. The van der Waals surface area contributed by atoms with E-state index in [-0.39, 0.29) is 19.8 Å². The average molecular weight is 1150 g/mol. The van der Waals surface area contributed by atoms with E-state index in [9.17, 15) is 104 Å². The summed E-state index contributed by atoms with van der Waals surface area (Å²) in [6, 6.07) is 0. The summed E-state index contributed by atoms with van der Waals surface area (Å²) >= 11 is 0. The minimum absolute atomic E-state index is 0.218. The fourth-order valence-electron chi connectivity index (χ4n) is 3.50. The van der Waals surface area contributed by atoms with E-state index in [2.05, 4.69) is 33.2 Å². The molecule has 76 heavy (non-hydrogen) atoms. The van der Waals surface area contributed by atoms with Gasteiger partial charge in [-0.25, -0.2) is 19.2 Å². The van der Waals surface area contributed by atoms with E-state index >= 15 is 0 Å². The minimum Gasteiger partial charge on any atom is -0.462 e. The topological polar surface area (TPSA) is 210 Å². The van der Waals surface area contributed by atoms with Crippen LogP contribution in [0, 0.1) is 21.7 Å². The van der Waals surface area contributed by atoms with Crippen molar-refractivity contribution in [3.05, 3.63) is 0 Å². The fraction of sp³-hybridized carbons (Fsp3) is 0.822. The van der Waals surface area contributed by atoms with Crippen molar-refractivity contribution in [3.8, 4) is 0 Å². The maximum absolute atomic E-state index is 12.8. The van der Waals surface area contributed by atoms with Crippen LogP contribution in [-0.2, 0) is 76.3 Å². The first-order valence-corrected chi connectivity index (χ1v) is 22.6. The summed E-state index contributed by atoms with van der Waals surface area (Å²) in [6.07, 6.45) is -18.5. The lowest BCUT2D eigenvalue weighted by Crippen LogP contribution is -2.36. The molecule has 0 heterocycles. The molecule has 31 heteroatoms. The van der Waals surface area contributed by atoms with Gasteiger partial charge in [-0.05, 0) is 81.1 Å². The van der Waals surface area contributed by atoms with E-state index in [0.29, 0.717) is 32.6 Å². The molecule has 0 aliphatic heterocycles. The summed E-state index contributed by atoms with van der Waals surface area (Å²) < 4.78 is 217. The lowest BCUT2D eigenvalue weighted by Gasteiger charge is -2.20. The van der Waals surface area contributed by atoms with Gasteiger partial charge in [0.05, 0.1) is 21.7 Å². The van der Waals surface area contributed by atoms with Crippen LogP contribution in [0.25, 0.3) is 0 Å². The van der Waals surface area contributed by atoms with Crippen LogP contribution in [0.4, 0.5) is 65.9 Å². The number of alkyl halides is 15. The maximum atomic E-state index is 12.8. The van der Waals surface area contributed by atoms with Gasteiger partial charge in [0.25, 0.3) is 0 Å². The van der Waals surface area contributed by atoms with Crippen molar-refractivity contribution in [2.45, 2.75) is 165 Å². The molecular formula is C45H67F15O16. The highest BCUT2D eigenvalue weighted by atomic mass is 19.4. The summed E-state index contributed by atoms with van der Waals surface area (Å²) in [4.78, 5) is 88.3. The summed E-state index contributed by atoms with van der Waals surface area (Å²) in [5.41, 5.74) is -2.90. The molecule has 0 rings (SSSR count). The van der Waals surface area contributed by atoms with Gasteiger partial charge in [-0.2, -0.15) is 65.9 Å². The van der Waals surface area contributed by atoms with E-state index in [1.807, 2.05) is 6.92 Å². The Kier molecular flexibility index (Phi) is 33.0. The van der Waals surface area contributed by atoms with Gasteiger partial charge in [0.2, 0.25) is 0 Å². The first kappa shape index (κ1) is 77.2. The fourth-order valence-corrected chi connectivity index (χ4v) is 3.50. The average Bonchev–Trinajstić information content (AvgIpc) is 3.26. The summed E-state index contributed by atoms with van der Waals surface area (Å²) in [5, 5.41) is 0. The van der Waals surface area contributed by atoms with Crippen LogP contribution in [0.15, 0.2) is 0 Å². The molecule has 0 aromatic carbocycles. The smallest absolute Gasteiger partial charge is 0.462 e. The van der Waals surface area contributed by atoms with Crippen LogP contribution in [0.1, 0.15) is 129 Å². The maximum Gasteiger partial charge on any atom is 0.490 e. The van der Waals surface area contributed by atoms with Crippen molar-refractivity contribution in [2.75, 3.05) is 52.9 Å². The van der Waals surface area contributed by atoms with Crippen LogP contribution in [0.3, 0.4) is 0 Å². The van der Waals surface area contributed by atoms with Crippen molar-refractivity contribution in [1.29, 1.82) is 0 Å². The van der Waals surface area contributed by atoms with Gasteiger partial charge in [0.15, 0.2) is 0 Å². The largest absolute Gasteiger partial charge is 0.490 e. The van der Waals surface area contributed by atoms with E-state index < -0.39 is 152 Å². The quantitative estimate of drug-likeness (QED) is 0.0360. The van der Waals surface area contributed by atoms with Crippen LogP contribution in [-0.4, -0.2) is 137 Å². The predicted octanol–water partition coefficient (Wildman–Crippen LogP) is 10.4. The van der Waals surface area contributed by atoms with E-state index in [0.717, 1.165) is 0 Å². The monoisotopic (exact) mass is 1150 g/mol. The third kappa shape index (κ3) is 35.1. The van der Waals surface area contributed by atoms with Crippen LogP contribution in [0.5, 0.6) is 0 Å². The molecule has 448 valence electrons. The zero-order valence-electron chi connectivity index (χ0n) is 44.1. The SMILES string of the molecule is CCC(C)(C)C(=O)OCCOC(=O)C(C)(F)F.CCC(C)(C)C(=O)OCCOC(=O)C(F)(F)CC(F)(F)F.CCC(C)(C)C(=O)OCCOC(=O)C(F)(F)CC(F)(F)F.CCC(C)(C)C(=O)OCCOC(=O)C(F)(F)F. The van der Waals surface area contributed by atoms with Crippen LogP contribution >= 0.6 is 0 Å². The number of carbonyl (C=O) groups excluding carboxylic acids is 8. The highest BCUT2D eigenvalue weighted by Crippen LogP contribution is 2.34. The Balaban J connectivity index is -0.000000457. The number of carbonyl (C=O) groups is 8. The Morgan fingerprint density at radius 1 is 0.276 bits per heavy atom. The Bertz CT molecular complexity index is 1710. The molecule has 0 aromatic heterocycles. The zero-order chi connectivity index (χ0) is 61.2. The molecule has 0 amide bonds. The standard InChI is InChI=1S/2C12H17F5O4.C11H18F2O4.C10H15F3O4/c2*1-4-10(2,3)8(18)20-5-6-21-9(19)11(13,14)7-12(15,16)17;1-5-10(2,3)8(14)16-6-7-17-9(15)11(4,12)13;1-4-9(2,3)7(14)16-5-6-17-8(15)10(11,12)13/h2*4-7H2,1-3H3;5-7H2,1-4H3;4-6H2,1-3H3. The zero-order valence-corrected chi connectivity index (χ0v) is 44.1. The van der Waals surface area contributed by atoms with Crippen molar-refractivity contribution < 1.29 is 142 Å². The lowest BCUT2D eigenvalue weighted by molar-refractivity contribution is -0.209. The molecule has 0 radical (unpaired) electrons. The molecule has 0 atom stereocenters. The van der Waals surface area contributed by atoms with Gasteiger partial charge in [-0.1, -0.05) is 27.7 Å². The third-order valence-corrected chi connectivity index (χ3v) is 9.98. The van der Waals surface area contributed by atoms with Gasteiger partial charge in [-0.15, -0.1) is 0 Å². The molecule has 0 spiro atoms. The van der Waals surface area contributed by atoms with Gasteiger partial charge in [-0.3, -0.25) is 19.2 Å². The predicted molar refractivity (Wildman–Crippen MR) is 232 cm³/mol. The number of halogens is 15. The first-order chi connectivity index (χ1) is 33.9. The summed E-state index contributed by atoms with van der Waals surface area (Å²) in [5.74, 6) is -23.6. The van der Waals surface area contributed by atoms with Crippen LogP contribution in [0.2, 0.25) is 0 Å². The molecule has 0 unspecified atom stereocenters. The van der Waals surface area contributed by atoms with Crippen molar-refractivity contribution >= 4 is 47.8 Å². The van der Waals surface area contributed by atoms with Gasteiger partial charge < -0.3 is 37.9 Å². The van der Waals surface area contributed by atoms with Gasteiger partial charge >= 0.3 is 84.1 Å². The Morgan fingerprint density at radius 3 is 0.605 bits per heavy atom. The highest BCUT2D eigenvalue weighted by Gasteiger charge is 2.52.